The Morgan fingerprint density at radius 1 is 1.43 bits per heavy atom. The van der Waals surface area contributed by atoms with Crippen LogP contribution in [0.2, 0.25) is 0 Å². The summed E-state index contributed by atoms with van der Waals surface area (Å²) in [7, 11) is 0. The van der Waals surface area contributed by atoms with Crippen LogP contribution in [-0.2, 0) is 9.53 Å². The Morgan fingerprint density at radius 2 is 2.18 bits per heavy atom. The van der Waals surface area contributed by atoms with Crippen LogP contribution in [0.5, 0.6) is 0 Å². The van der Waals surface area contributed by atoms with Crippen molar-refractivity contribution in [2.75, 3.05) is 42.5 Å². The van der Waals surface area contributed by atoms with Gasteiger partial charge in [-0.3, -0.25) is 9.69 Å². The smallest absolute Gasteiger partial charge is 0.414 e. The highest BCUT2D eigenvalue weighted by Gasteiger charge is 2.33. The number of cyclic esters (lactones) is 1. The molecule has 10 heteroatoms. The Balaban J connectivity index is 1.62. The molecule has 3 rings (SSSR count). The quantitative estimate of drug-likeness (QED) is 0.457. The average molecular weight is 390 g/mol. The summed E-state index contributed by atoms with van der Waals surface area (Å²) in [6.45, 7) is 3.72. The van der Waals surface area contributed by atoms with Crippen molar-refractivity contribution in [1.82, 2.24) is 5.32 Å². The minimum Gasteiger partial charge on any atom is -0.442 e. The number of hydrogen-bond donors (Lipinski definition) is 1. The molecule has 0 bridgehead atoms. The highest BCUT2D eigenvalue weighted by atomic mass is 19.1. The van der Waals surface area contributed by atoms with Crippen LogP contribution in [0, 0.1) is 11.7 Å². The van der Waals surface area contributed by atoms with Gasteiger partial charge in [-0.1, -0.05) is 5.11 Å². The van der Waals surface area contributed by atoms with Gasteiger partial charge < -0.3 is 15.0 Å². The zero-order valence-corrected chi connectivity index (χ0v) is 15.7. The second kappa shape index (κ2) is 8.79. The van der Waals surface area contributed by atoms with E-state index in [1.165, 1.54) is 17.9 Å². The van der Waals surface area contributed by atoms with Gasteiger partial charge >= 0.3 is 6.09 Å². The molecule has 2 aliphatic heterocycles. The van der Waals surface area contributed by atoms with Crippen molar-refractivity contribution in [3.63, 3.8) is 0 Å². The Hall–Kier alpha value is -3.00. The third-order valence-corrected chi connectivity index (χ3v) is 5.05. The zero-order valence-electron chi connectivity index (χ0n) is 15.7. The largest absolute Gasteiger partial charge is 0.442 e. The molecule has 150 valence electrons. The van der Waals surface area contributed by atoms with Crippen molar-refractivity contribution in [3.8, 4) is 0 Å². The lowest BCUT2D eigenvalue weighted by Crippen LogP contribution is -2.35. The fraction of sp³-hybridized carbons (Fsp3) is 0.556. The van der Waals surface area contributed by atoms with Crippen molar-refractivity contribution in [2.24, 2.45) is 11.0 Å². The van der Waals surface area contributed by atoms with Crippen LogP contribution in [-0.4, -0.2) is 50.8 Å². The van der Waals surface area contributed by atoms with E-state index in [-0.39, 0.29) is 19.0 Å². The summed E-state index contributed by atoms with van der Waals surface area (Å²) in [5.41, 5.74) is 9.33. The number of anilines is 2. The topological polar surface area (TPSA) is 111 Å². The molecule has 0 aromatic heterocycles. The molecule has 9 nitrogen and oxygen atoms in total. The van der Waals surface area contributed by atoms with Gasteiger partial charge in [-0.25, -0.2) is 9.18 Å². The van der Waals surface area contributed by atoms with Crippen molar-refractivity contribution >= 4 is 23.4 Å². The predicted molar refractivity (Wildman–Crippen MR) is 102 cm³/mol. The number of carbonyl (C=O) groups is 2. The van der Waals surface area contributed by atoms with Gasteiger partial charge in [0.05, 0.1) is 24.5 Å². The SMILES string of the molecule is CC(=O)NC[C@H]1CN(c2ccc(N3CCC(CN=[N+]=[N-])CC3)c(F)c2)C(=O)O1. The normalized spacial score (nSPS) is 19.9. The molecule has 0 spiro atoms. The molecule has 1 atom stereocenters. The first kappa shape index (κ1) is 19.8. The lowest BCUT2D eigenvalue weighted by atomic mass is 9.96. The third kappa shape index (κ3) is 4.64. The number of benzene rings is 1. The summed E-state index contributed by atoms with van der Waals surface area (Å²) in [6.07, 6.45) is 0.656. The molecular weight excluding hydrogens is 367 g/mol. The monoisotopic (exact) mass is 390 g/mol. The maximum Gasteiger partial charge on any atom is 0.414 e. The number of hydrogen-bond acceptors (Lipinski definition) is 5. The standard InChI is InChI=1S/C18H23FN6O3/c1-12(26)21-10-15-11-25(18(27)28-15)14-2-3-17(16(19)8-14)24-6-4-13(5-7-24)9-22-23-20/h2-3,8,13,15H,4-7,9-11H2,1H3,(H,21,26)/t15-/m0/s1. The second-order valence-corrected chi connectivity index (χ2v) is 7.03. The van der Waals surface area contributed by atoms with E-state index in [1.807, 2.05) is 4.90 Å². The van der Waals surface area contributed by atoms with E-state index in [0.29, 0.717) is 36.9 Å². The Kier molecular flexibility index (Phi) is 6.20. The molecule has 28 heavy (non-hydrogen) atoms. The maximum atomic E-state index is 14.7. The van der Waals surface area contributed by atoms with E-state index in [4.69, 9.17) is 10.3 Å². The molecule has 1 N–H and O–H groups in total. The first-order valence-corrected chi connectivity index (χ1v) is 9.26. The second-order valence-electron chi connectivity index (χ2n) is 7.03. The van der Waals surface area contributed by atoms with E-state index >= 15 is 0 Å². The van der Waals surface area contributed by atoms with E-state index < -0.39 is 18.0 Å². The molecule has 1 aromatic carbocycles. The number of nitrogens with zero attached hydrogens (tertiary/aromatic N) is 5. The summed E-state index contributed by atoms with van der Waals surface area (Å²) in [6, 6.07) is 4.71. The molecule has 2 saturated heterocycles. The predicted octanol–water partition coefficient (Wildman–Crippen LogP) is 2.81. The molecule has 2 amide bonds. The zero-order chi connectivity index (χ0) is 20.1. The number of amides is 2. The van der Waals surface area contributed by atoms with Crippen molar-refractivity contribution in [3.05, 3.63) is 34.5 Å². The number of rotatable bonds is 6. The third-order valence-electron chi connectivity index (χ3n) is 5.05. The average Bonchev–Trinajstić information content (AvgIpc) is 3.06. The Bertz CT molecular complexity index is 790. The van der Waals surface area contributed by atoms with Gasteiger partial charge in [0.25, 0.3) is 0 Å². The fourth-order valence-electron chi connectivity index (χ4n) is 3.52. The van der Waals surface area contributed by atoms with Crippen LogP contribution in [0.25, 0.3) is 10.4 Å². The van der Waals surface area contributed by atoms with Crippen LogP contribution >= 0.6 is 0 Å². The minimum absolute atomic E-state index is 0.201. The van der Waals surface area contributed by atoms with Crippen LogP contribution in [0.4, 0.5) is 20.6 Å². The minimum atomic E-state index is -0.554. The molecule has 1 aromatic rings. The molecule has 2 heterocycles. The van der Waals surface area contributed by atoms with Crippen LogP contribution < -0.4 is 15.1 Å². The number of carbonyl (C=O) groups excluding carboxylic acids is 2. The van der Waals surface area contributed by atoms with E-state index in [0.717, 1.165) is 12.8 Å². The summed E-state index contributed by atoms with van der Waals surface area (Å²) in [4.78, 5) is 29.2. The molecule has 0 saturated carbocycles. The first-order chi connectivity index (χ1) is 13.5. The molecule has 0 radical (unpaired) electrons. The van der Waals surface area contributed by atoms with Crippen molar-refractivity contribution in [2.45, 2.75) is 25.9 Å². The lowest BCUT2D eigenvalue weighted by Gasteiger charge is -2.33. The molecule has 2 aliphatic rings. The number of nitrogens with one attached hydrogen (secondary N) is 1. The number of azide groups is 1. The maximum absolute atomic E-state index is 14.7. The van der Waals surface area contributed by atoms with Gasteiger partial charge in [-0.15, -0.1) is 0 Å². The summed E-state index contributed by atoms with van der Waals surface area (Å²) in [5, 5.41) is 6.23. The Labute approximate surface area is 162 Å². The summed E-state index contributed by atoms with van der Waals surface area (Å²) < 4.78 is 19.9. The lowest BCUT2D eigenvalue weighted by molar-refractivity contribution is -0.119. The van der Waals surface area contributed by atoms with Crippen LogP contribution in [0.15, 0.2) is 23.3 Å². The summed E-state index contributed by atoms with van der Waals surface area (Å²) in [5.74, 6) is -0.272. The van der Waals surface area contributed by atoms with Crippen molar-refractivity contribution < 1.29 is 18.7 Å². The fourth-order valence-corrected chi connectivity index (χ4v) is 3.52. The van der Waals surface area contributed by atoms with Gasteiger partial charge in [0.1, 0.15) is 11.9 Å². The first-order valence-electron chi connectivity index (χ1n) is 9.26. The van der Waals surface area contributed by atoms with Gasteiger partial charge in [-0.05, 0) is 42.5 Å². The van der Waals surface area contributed by atoms with E-state index in [9.17, 15) is 14.0 Å². The number of halogens is 1. The van der Waals surface area contributed by atoms with Gasteiger partial charge in [0.15, 0.2) is 0 Å². The van der Waals surface area contributed by atoms with E-state index in [2.05, 4.69) is 15.3 Å². The molecular formula is C18H23FN6O3. The molecule has 0 unspecified atom stereocenters. The van der Waals surface area contributed by atoms with E-state index in [1.54, 1.807) is 12.1 Å². The van der Waals surface area contributed by atoms with Gasteiger partial charge in [-0.2, -0.15) is 0 Å². The van der Waals surface area contributed by atoms with Gasteiger partial charge in [0.2, 0.25) is 5.91 Å². The highest BCUT2D eigenvalue weighted by Crippen LogP contribution is 2.30. The molecule has 0 aliphatic carbocycles. The number of ether oxygens (including phenoxy) is 1. The van der Waals surface area contributed by atoms with Gasteiger partial charge in [0, 0.05) is 31.5 Å². The highest BCUT2D eigenvalue weighted by molar-refractivity contribution is 5.90. The number of piperidine rings is 1. The van der Waals surface area contributed by atoms with Crippen molar-refractivity contribution in [1.29, 1.82) is 0 Å². The van der Waals surface area contributed by atoms with Crippen LogP contribution in [0.3, 0.4) is 0 Å². The molecule has 2 fully saturated rings. The Morgan fingerprint density at radius 3 is 2.82 bits per heavy atom. The van der Waals surface area contributed by atoms with Crippen LogP contribution in [0.1, 0.15) is 19.8 Å². The summed E-state index contributed by atoms with van der Waals surface area (Å²) >= 11 is 0.